The summed E-state index contributed by atoms with van der Waals surface area (Å²) in [4.78, 5) is 30.6. The number of hydrogen-bond acceptors (Lipinski definition) is 6. The number of hydrogen-bond donors (Lipinski definition) is 2. The number of imidazole rings is 1. The van der Waals surface area contributed by atoms with E-state index in [2.05, 4.69) is 49.1 Å². The monoisotopic (exact) mass is 421 g/mol. The fourth-order valence-corrected chi connectivity index (χ4v) is 4.07. The molecule has 0 bridgehead atoms. The van der Waals surface area contributed by atoms with Crippen molar-refractivity contribution in [3.8, 4) is 11.4 Å². The van der Waals surface area contributed by atoms with Crippen LogP contribution in [0.1, 0.15) is 12.8 Å². The number of nitrogens with zero attached hydrogens (tertiary/aromatic N) is 5. The molecule has 1 saturated heterocycles. The van der Waals surface area contributed by atoms with Gasteiger partial charge in [-0.15, -0.1) is 0 Å². The molecule has 0 spiro atoms. The van der Waals surface area contributed by atoms with E-state index < -0.39 is 0 Å². The highest BCUT2D eigenvalue weighted by molar-refractivity contribution is 5.94. The zero-order valence-corrected chi connectivity index (χ0v) is 18.3. The summed E-state index contributed by atoms with van der Waals surface area (Å²) < 4.78 is 0. The van der Waals surface area contributed by atoms with Gasteiger partial charge in [0.2, 0.25) is 6.41 Å². The lowest BCUT2D eigenvalue weighted by Crippen LogP contribution is -2.31. The number of aromatic nitrogens is 3. The van der Waals surface area contributed by atoms with Crippen LogP contribution >= 0.6 is 0 Å². The fraction of sp³-hybridized carbons (Fsp3) is 0.435. The number of nitrogens with one attached hydrogen (secondary N) is 2. The highest BCUT2D eigenvalue weighted by Crippen LogP contribution is 2.26. The number of carbonyl (C=O) groups excluding carboxylic acids is 1. The van der Waals surface area contributed by atoms with E-state index in [4.69, 9.17) is 0 Å². The lowest BCUT2D eigenvalue weighted by Gasteiger charge is -2.23. The minimum absolute atomic E-state index is 0.667. The van der Waals surface area contributed by atoms with Gasteiger partial charge in [0.05, 0.1) is 11.2 Å². The smallest absolute Gasteiger partial charge is 0.211 e. The number of carbonyl (C=O) groups is 1. The normalized spacial score (nSPS) is 15.7. The Morgan fingerprint density at radius 1 is 1.19 bits per heavy atom. The Morgan fingerprint density at radius 3 is 2.90 bits per heavy atom. The van der Waals surface area contributed by atoms with E-state index in [0.717, 1.165) is 60.8 Å². The van der Waals surface area contributed by atoms with Crippen LogP contribution < -0.4 is 10.2 Å². The van der Waals surface area contributed by atoms with Gasteiger partial charge in [0, 0.05) is 38.4 Å². The summed E-state index contributed by atoms with van der Waals surface area (Å²) in [6.07, 6.45) is 4.89. The topological polar surface area (TPSA) is 80.4 Å². The van der Waals surface area contributed by atoms with Crippen LogP contribution in [0.4, 0.5) is 11.5 Å². The van der Waals surface area contributed by atoms with Crippen LogP contribution in [-0.4, -0.2) is 84.5 Å². The summed E-state index contributed by atoms with van der Waals surface area (Å²) in [7, 11) is 4.30. The molecule has 164 valence electrons. The van der Waals surface area contributed by atoms with Crippen LogP contribution in [0.2, 0.25) is 0 Å². The number of amides is 1. The van der Waals surface area contributed by atoms with Gasteiger partial charge < -0.3 is 25.0 Å². The molecule has 1 aliphatic rings. The van der Waals surface area contributed by atoms with Gasteiger partial charge in [0.1, 0.15) is 17.2 Å². The van der Waals surface area contributed by atoms with Gasteiger partial charge in [-0.2, -0.15) is 0 Å². The van der Waals surface area contributed by atoms with Gasteiger partial charge >= 0.3 is 0 Å². The zero-order valence-electron chi connectivity index (χ0n) is 18.3. The molecule has 0 aliphatic carbocycles. The van der Waals surface area contributed by atoms with Gasteiger partial charge in [-0.25, -0.2) is 9.97 Å². The maximum Gasteiger partial charge on any atom is 0.211 e. The van der Waals surface area contributed by atoms with E-state index >= 15 is 0 Å². The minimum Gasteiger partial charge on any atom is -0.360 e. The number of rotatable bonds is 8. The van der Waals surface area contributed by atoms with Crippen molar-refractivity contribution < 1.29 is 4.79 Å². The average Bonchev–Trinajstić information content (AvgIpc) is 3.12. The van der Waals surface area contributed by atoms with Gasteiger partial charge in [-0.3, -0.25) is 4.79 Å². The molecule has 3 heterocycles. The molecule has 1 amide bonds. The maximum absolute atomic E-state index is 10.8. The molecule has 4 rings (SSSR count). The van der Waals surface area contributed by atoms with Crippen molar-refractivity contribution >= 4 is 28.9 Å². The average molecular weight is 422 g/mol. The third-order valence-electron chi connectivity index (χ3n) is 5.92. The number of pyridine rings is 1. The van der Waals surface area contributed by atoms with Crippen LogP contribution in [0, 0.1) is 0 Å². The summed E-state index contributed by atoms with van der Waals surface area (Å²) in [5, 5.41) is 2.70. The lowest BCUT2D eigenvalue weighted by molar-refractivity contribution is -0.105. The zero-order chi connectivity index (χ0) is 21.6. The predicted octanol–water partition coefficient (Wildman–Crippen LogP) is 2.66. The Labute approximate surface area is 183 Å². The largest absolute Gasteiger partial charge is 0.360 e. The van der Waals surface area contributed by atoms with Crippen LogP contribution in [0.15, 0.2) is 36.5 Å². The van der Waals surface area contributed by atoms with Crippen molar-refractivity contribution in [2.75, 3.05) is 63.6 Å². The molecule has 3 aromatic rings. The highest BCUT2D eigenvalue weighted by atomic mass is 16.1. The first-order valence-corrected chi connectivity index (χ1v) is 10.9. The quantitative estimate of drug-likeness (QED) is 0.545. The molecule has 2 aromatic heterocycles. The van der Waals surface area contributed by atoms with Crippen LogP contribution in [0.5, 0.6) is 0 Å². The van der Waals surface area contributed by atoms with Crippen molar-refractivity contribution in [1.29, 1.82) is 0 Å². The summed E-state index contributed by atoms with van der Waals surface area (Å²) >= 11 is 0. The summed E-state index contributed by atoms with van der Waals surface area (Å²) in [6, 6.07) is 9.74. The van der Waals surface area contributed by atoms with Crippen LogP contribution in [0.25, 0.3) is 22.4 Å². The predicted molar refractivity (Wildman–Crippen MR) is 125 cm³/mol. The third-order valence-corrected chi connectivity index (χ3v) is 5.92. The first-order valence-electron chi connectivity index (χ1n) is 10.9. The van der Waals surface area contributed by atoms with Gasteiger partial charge in [0.25, 0.3) is 0 Å². The summed E-state index contributed by atoms with van der Waals surface area (Å²) in [5.74, 6) is 1.70. The molecule has 2 N–H and O–H groups in total. The second-order valence-corrected chi connectivity index (χ2v) is 8.23. The molecular weight excluding hydrogens is 390 g/mol. The second kappa shape index (κ2) is 9.89. The molecule has 0 radical (unpaired) electrons. The standard InChI is InChI=1S/C23H31N7O/c1-28-10-4-12-30(15-14-28)13-5-11-29(2)21-9-8-18(16-24-21)23-26-20-7-3-6-19(25-17-31)22(20)27-23/h3,6-9,16-17H,4-5,10-15H2,1-2H3,(H,25,31)(H,26,27). The number of H-pyrrole nitrogens is 1. The highest BCUT2D eigenvalue weighted by Gasteiger charge is 2.13. The van der Waals surface area contributed by atoms with E-state index in [1.807, 2.05) is 36.5 Å². The number of fused-ring (bicyclic) bond motifs is 1. The second-order valence-electron chi connectivity index (χ2n) is 8.23. The Balaban J connectivity index is 1.36. The molecule has 0 saturated carbocycles. The summed E-state index contributed by atoms with van der Waals surface area (Å²) in [6.45, 7) is 6.83. The molecule has 1 fully saturated rings. The number of aromatic amines is 1. The van der Waals surface area contributed by atoms with Crippen LogP contribution in [0.3, 0.4) is 0 Å². The van der Waals surface area contributed by atoms with Crippen molar-refractivity contribution in [2.45, 2.75) is 12.8 Å². The molecule has 8 heteroatoms. The molecule has 0 atom stereocenters. The Morgan fingerprint density at radius 2 is 2.10 bits per heavy atom. The molecular formula is C23H31N7O. The van der Waals surface area contributed by atoms with Gasteiger partial charge in [-0.1, -0.05) is 6.07 Å². The van der Waals surface area contributed by atoms with E-state index in [9.17, 15) is 4.79 Å². The number of anilines is 2. The van der Waals surface area contributed by atoms with Crippen molar-refractivity contribution in [3.63, 3.8) is 0 Å². The summed E-state index contributed by atoms with van der Waals surface area (Å²) in [5.41, 5.74) is 3.22. The Bertz CT molecular complexity index is 1000. The van der Waals surface area contributed by atoms with Crippen molar-refractivity contribution in [3.05, 3.63) is 36.5 Å². The fourth-order valence-electron chi connectivity index (χ4n) is 4.07. The van der Waals surface area contributed by atoms with Crippen molar-refractivity contribution in [1.82, 2.24) is 24.8 Å². The van der Waals surface area contributed by atoms with E-state index in [-0.39, 0.29) is 0 Å². The van der Waals surface area contributed by atoms with Crippen LogP contribution in [-0.2, 0) is 4.79 Å². The maximum atomic E-state index is 10.8. The first kappa shape index (κ1) is 21.3. The minimum atomic E-state index is 0.667. The molecule has 0 unspecified atom stereocenters. The molecule has 8 nitrogen and oxygen atoms in total. The van der Waals surface area contributed by atoms with Gasteiger partial charge in [0.15, 0.2) is 0 Å². The van der Waals surface area contributed by atoms with Gasteiger partial charge in [-0.05, 0) is 63.8 Å². The number of likely N-dealkylation sites (N-methyl/N-ethyl adjacent to an activating group) is 1. The molecule has 1 aliphatic heterocycles. The Hall–Kier alpha value is -2.97. The Kier molecular flexibility index (Phi) is 6.79. The van der Waals surface area contributed by atoms with E-state index in [1.54, 1.807) is 0 Å². The van der Waals surface area contributed by atoms with Crippen molar-refractivity contribution in [2.24, 2.45) is 0 Å². The number of benzene rings is 1. The SMILES string of the molecule is CN1CCCN(CCCN(C)c2ccc(-c3nc4c(NC=O)cccc4[nH]3)cn2)CC1. The lowest BCUT2D eigenvalue weighted by atomic mass is 10.2. The third kappa shape index (κ3) is 5.21. The van der Waals surface area contributed by atoms with E-state index in [0.29, 0.717) is 12.1 Å². The van der Waals surface area contributed by atoms with E-state index in [1.165, 1.54) is 19.5 Å². The first-order chi connectivity index (χ1) is 15.1. The number of para-hydroxylation sites is 1. The molecule has 31 heavy (non-hydrogen) atoms. The molecule has 1 aromatic carbocycles.